The Bertz CT molecular complexity index is 1050. The third kappa shape index (κ3) is 7.50. The van der Waals surface area contributed by atoms with Crippen LogP contribution in [0, 0.1) is 0 Å². The molecule has 0 aliphatic rings. The number of carbonyl (C=O) groups is 3. The smallest absolute Gasteiger partial charge is 0.308 e. The van der Waals surface area contributed by atoms with Crippen molar-refractivity contribution >= 4 is 17.8 Å². The van der Waals surface area contributed by atoms with E-state index in [4.69, 9.17) is 9.47 Å². The molecule has 0 spiro atoms. The Hall–Kier alpha value is -4.13. The van der Waals surface area contributed by atoms with E-state index >= 15 is 0 Å². The molecular formula is C26H26N2O5. The van der Waals surface area contributed by atoms with Gasteiger partial charge in [-0.15, -0.1) is 0 Å². The van der Waals surface area contributed by atoms with Gasteiger partial charge in [0.15, 0.2) is 6.61 Å². The molecule has 1 atom stereocenters. The molecule has 0 aliphatic carbocycles. The number of rotatable bonds is 10. The summed E-state index contributed by atoms with van der Waals surface area (Å²) in [5.74, 6) is -0.568. The summed E-state index contributed by atoms with van der Waals surface area (Å²) < 4.78 is 10.2. The third-order valence-corrected chi connectivity index (χ3v) is 4.93. The second-order valence-corrected chi connectivity index (χ2v) is 7.29. The summed E-state index contributed by atoms with van der Waals surface area (Å²) >= 11 is 0. The summed E-state index contributed by atoms with van der Waals surface area (Å²) in [7, 11) is 1.58. The molecule has 0 bridgehead atoms. The second kappa shape index (κ2) is 12.0. The van der Waals surface area contributed by atoms with Crippen molar-refractivity contribution in [3.63, 3.8) is 0 Å². The van der Waals surface area contributed by atoms with Crippen molar-refractivity contribution in [1.82, 2.24) is 10.6 Å². The minimum absolute atomic E-state index is 0.103. The predicted octanol–water partition coefficient (Wildman–Crippen LogP) is 3.42. The molecule has 3 rings (SSSR count). The van der Waals surface area contributed by atoms with Crippen LogP contribution in [0.15, 0.2) is 84.9 Å². The van der Waals surface area contributed by atoms with Gasteiger partial charge in [0.05, 0.1) is 19.6 Å². The molecule has 0 saturated heterocycles. The lowest BCUT2D eigenvalue weighted by molar-refractivity contribution is -0.149. The van der Waals surface area contributed by atoms with Crippen LogP contribution in [0.1, 0.15) is 33.9 Å². The van der Waals surface area contributed by atoms with E-state index in [1.54, 1.807) is 43.5 Å². The first kappa shape index (κ1) is 23.5. The summed E-state index contributed by atoms with van der Waals surface area (Å²) in [5, 5.41) is 5.58. The number of hydrogen-bond donors (Lipinski definition) is 2. The van der Waals surface area contributed by atoms with Gasteiger partial charge in [-0.2, -0.15) is 0 Å². The van der Waals surface area contributed by atoms with Crippen LogP contribution < -0.4 is 15.4 Å². The van der Waals surface area contributed by atoms with E-state index in [9.17, 15) is 14.4 Å². The Morgan fingerprint density at radius 2 is 1.48 bits per heavy atom. The average molecular weight is 447 g/mol. The number of benzene rings is 3. The number of methoxy groups -OCH3 is 1. The molecule has 170 valence electrons. The minimum atomic E-state index is -0.589. The first-order chi connectivity index (χ1) is 16.0. The van der Waals surface area contributed by atoms with Crippen molar-refractivity contribution in [2.75, 3.05) is 13.7 Å². The molecule has 0 radical (unpaired) electrons. The SMILES string of the molecule is COc1ccc(CNC(=O)COC(=O)CC(NC(=O)c2ccccc2)c2ccccc2)cc1. The molecule has 3 aromatic rings. The van der Waals surface area contributed by atoms with E-state index in [-0.39, 0.29) is 12.3 Å². The second-order valence-electron chi connectivity index (χ2n) is 7.29. The Balaban J connectivity index is 1.52. The Labute approximate surface area is 192 Å². The molecule has 2 amide bonds. The quantitative estimate of drug-likeness (QED) is 0.466. The zero-order valence-electron chi connectivity index (χ0n) is 18.3. The van der Waals surface area contributed by atoms with Crippen LogP contribution in [0.4, 0.5) is 0 Å². The minimum Gasteiger partial charge on any atom is -0.497 e. The van der Waals surface area contributed by atoms with E-state index in [1.807, 2.05) is 48.5 Å². The highest BCUT2D eigenvalue weighted by atomic mass is 16.5. The molecular weight excluding hydrogens is 420 g/mol. The molecule has 1 unspecified atom stereocenters. The zero-order chi connectivity index (χ0) is 23.5. The number of ether oxygens (including phenoxy) is 2. The summed E-state index contributed by atoms with van der Waals surface area (Å²) in [5.41, 5.74) is 2.15. The Kier molecular flexibility index (Phi) is 8.59. The van der Waals surface area contributed by atoms with Gasteiger partial charge in [-0.3, -0.25) is 14.4 Å². The maximum atomic E-state index is 12.6. The monoisotopic (exact) mass is 446 g/mol. The molecule has 0 aliphatic heterocycles. The molecule has 2 N–H and O–H groups in total. The lowest BCUT2D eigenvalue weighted by Gasteiger charge is -2.19. The molecule has 0 saturated carbocycles. The van der Waals surface area contributed by atoms with Crippen LogP contribution in [-0.2, 0) is 20.9 Å². The van der Waals surface area contributed by atoms with E-state index in [0.29, 0.717) is 12.1 Å². The lowest BCUT2D eigenvalue weighted by atomic mass is 10.0. The van der Waals surface area contributed by atoms with Crippen molar-refractivity contribution in [3.8, 4) is 5.75 Å². The molecule has 7 nitrogen and oxygen atoms in total. The van der Waals surface area contributed by atoms with Crippen LogP contribution in [0.25, 0.3) is 0 Å². The first-order valence-corrected chi connectivity index (χ1v) is 10.5. The molecule has 33 heavy (non-hydrogen) atoms. The van der Waals surface area contributed by atoms with Gasteiger partial charge in [-0.05, 0) is 35.4 Å². The van der Waals surface area contributed by atoms with Gasteiger partial charge in [0.2, 0.25) is 0 Å². The van der Waals surface area contributed by atoms with E-state index in [1.165, 1.54) is 0 Å². The molecule has 0 heterocycles. The number of nitrogens with one attached hydrogen (secondary N) is 2. The fourth-order valence-corrected chi connectivity index (χ4v) is 3.14. The van der Waals surface area contributed by atoms with Gasteiger partial charge in [0.25, 0.3) is 11.8 Å². The van der Waals surface area contributed by atoms with Gasteiger partial charge in [-0.1, -0.05) is 60.7 Å². The number of hydrogen-bond acceptors (Lipinski definition) is 5. The molecule has 0 aromatic heterocycles. The van der Waals surface area contributed by atoms with Crippen LogP contribution >= 0.6 is 0 Å². The summed E-state index contributed by atoms with van der Waals surface area (Å²) in [4.78, 5) is 37.1. The fraction of sp³-hybridized carbons (Fsp3) is 0.192. The molecule has 7 heteroatoms. The summed E-state index contributed by atoms with van der Waals surface area (Å²) in [6.45, 7) is -0.0940. The largest absolute Gasteiger partial charge is 0.497 e. The Morgan fingerprint density at radius 3 is 2.12 bits per heavy atom. The fourth-order valence-electron chi connectivity index (χ4n) is 3.14. The van der Waals surface area contributed by atoms with Crippen LogP contribution in [0.2, 0.25) is 0 Å². The van der Waals surface area contributed by atoms with Crippen LogP contribution in [-0.4, -0.2) is 31.5 Å². The van der Waals surface area contributed by atoms with Gasteiger partial charge >= 0.3 is 5.97 Å². The highest BCUT2D eigenvalue weighted by Crippen LogP contribution is 2.18. The van der Waals surface area contributed by atoms with E-state index < -0.39 is 24.5 Å². The first-order valence-electron chi connectivity index (χ1n) is 10.5. The van der Waals surface area contributed by atoms with Gasteiger partial charge in [0.1, 0.15) is 5.75 Å². The molecule has 3 aromatic carbocycles. The zero-order valence-corrected chi connectivity index (χ0v) is 18.3. The highest BCUT2D eigenvalue weighted by Gasteiger charge is 2.20. The van der Waals surface area contributed by atoms with E-state index in [0.717, 1.165) is 16.9 Å². The van der Waals surface area contributed by atoms with Crippen molar-refractivity contribution < 1.29 is 23.9 Å². The number of amides is 2. The summed E-state index contributed by atoms with van der Waals surface area (Å²) in [6, 6.07) is 24.6. The van der Waals surface area contributed by atoms with E-state index in [2.05, 4.69) is 10.6 Å². The van der Waals surface area contributed by atoms with Gasteiger partial charge in [0, 0.05) is 12.1 Å². The third-order valence-electron chi connectivity index (χ3n) is 4.93. The molecule has 0 fully saturated rings. The van der Waals surface area contributed by atoms with Crippen LogP contribution in [0.5, 0.6) is 5.75 Å². The van der Waals surface area contributed by atoms with Crippen molar-refractivity contribution in [2.45, 2.75) is 19.0 Å². The Morgan fingerprint density at radius 1 is 0.848 bits per heavy atom. The maximum Gasteiger partial charge on any atom is 0.308 e. The highest BCUT2D eigenvalue weighted by molar-refractivity contribution is 5.94. The van der Waals surface area contributed by atoms with Crippen LogP contribution in [0.3, 0.4) is 0 Å². The van der Waals surface area contributed by atoms with Crippen molar-refractivity contribution in [3.05, 3.63) is 102 Å². The number of esters is 1. The standard InChI is InChI=1S/C26H26N2O5/c1-32-22-14-12-19(13-15-22)17-27-24(29)18-33-25(30)16-23(20-8-4-2-5-9-20)28-26(31)21-10-6-3-7-11-21/h2-15,23H,16-18H2,1H3,(H,27,29)(H,28,31). The van der Waals surface area contributed by atoms with Gasteiger partial charge < -0.3 is 20.1 Å². The predicted molar refractivity (Wildman–Crippen MR) is 124 cm³/mol. The van der Waals surface area contributed by atoms with Gasteiger partial charge in [-0.25, -0.2) is 0 Å². The maximum absolute atomic E-state index is 12.6. The average Bonchev–Trinajstić information content (AvgIpc) is 2.87. The topological polar surface area (TPSA) is 93.7 Å². The van der Waals surface area contributed by atoms with Crippen molar-refractivity contribution in [1.29, 1.82) is 0 Å². The summed E-state index contributed by atoms with van der Waals surface area (Å²) in [6.07, 6.45) is -0.103. The lowest BCUT2D eigenvalue weighted by Crippen LogP contribution is -2.32. The normalized spacial score (nSPS) is 11.2. The number of carbonyl (C=O) groups excluding carboxylic acids is 3. The van der Waals surface area contributed by atoms with Crippen molar-refractivity contribution in [2.24, 2.45) is 0 Å².